The molecule has 0 saturated carbocycles. The van der Waals surface area contributed by atoms with Crippen LogP contribution in [0.25, 0.3) is 6.08 Å². The summed E-state index contributed by atoms with van der Waals surface area (Å²) in [4.78, 5) is 0. The Labute approximate surface area is 93.0 Å². The molecule has 1 rings (SSSR count). The molecule has 1 heterocycles. The van der Waals surface area contributed by atoms with Crippen molar-refractivity contribution in [3.05, 3.63) is 24.0 Å². The molecule has 0 aliphatic carbocycles. The third-order valence-corrected chi connectivity index (χ3v) is 2.96. The van der Waals surface area contributed by atoms with E-state index in [1.165, 1.54) is 25.0 Å². The predicted molar refractivity (Wildman–Crippen MR) is 65.9 cm³/mol. The van der Waals surface area contributed by atoms with E-state index in [0.717, 1.165) is 5.69 Å². The Kier molecular flexibility index (Phi) is 3.72. The van der Waals surface area contributed by atoms with E-state index >= 15 is 0 Å². The van der Waals surface area contributed by atoms with Crippen molar-refractivity contribution < 1.29 is 0 Å². The van der Waals surface area contributed by atoms with E-state index in [9.17, 15) is 0 Å². The summed E-state index contributed by atoms with van der Waals surface area (Å²) in [6, 6.07) is 2.14. The van der Waals surface area contributed by atoms with Crippen LogP contribution in [0.1, 0.15) is 51.4 Å². The first-order chi connectivity index (χ1) is 7.01. The summed E-state index contributed by atoms with van der Waals surface area (Å²) in [5.74, 6) is 0. The van der Waals surface area contributed by atoms with Gasteiger partial charge in [-0.25, -0.2) is 0 Å². The van der Waals surface area contributed by atoms with Crippen LogP contribution in [0, 0.1) is 0 Å². The van der Waals surface area contributed by atoms with Crippen LogP contribution in [0.2, 0.25) is 0 Å². The highest BCUT2D eigenvalue weighted by atomic mass is 15.3. The lowest BCUT2D eigenvalue weighted by Gasteiger charge is -2.24. The molecule has 0 fully saturated rings. The first kappa shape index (κ1) is 12.0. The molecular weight excluding hydrogens is 184 g/mol. The molecular formula is C13H22N2. The lowest BCUT2D eigenvalue weighted by molar-refractivity contribution is 0.424. The molecule has 0 N–H and O–H groups in total. The molecule has 0 spiro atoms. The first-order valence-electron chi connectivity index (χ1n) is 5.68. The monoisotopic (exact) mass is 206 g/mol. The van der Waals surface area contributed by atoms with Crippen molar-refractivity contribution in [2.45, 2.75) is 45.4 Å². The molecule has 0 aromatic carbocycles. The Morgan fingerprint density at radius 1 is 1.53 bits per heavy atom. The van der Waals surface area contributed by atoms with Crippen LogP contribution in [0.15, 0.2) is 12.6 Å². The van der Waals surface area contributed by atoms with Crippen LogP contribution in [0.5, 0.6) is 0 Å². The molecule has 2 heteroatoms. The molecule has 1 aromatic heterocycles. The van der Waals surface area contributed by atoms with E-state index < -0.39 is 0 Å². The second-order valence-electron chi connectivity index (χ2n) is 4.77. The summed E-state index contributed by atoms with van der Waals surface area (Å²) in [5, 5.41) is 4.40. The van der Waals surface area contributed by atoms with Crippen molar-refractivity contribution in [2.75, 3.05) is 0 Å². The quantitative estimate of drug-likeness (QED) is 0.720. The van der Waals surface area contributed by atoms with Crippen LogP contribution in [-0.2, 0) is 12.5 Å². The molecule has 0 unspecified atom stereocenters. The van der Waals surface area contributed by atoms with Gasteiger partial charge in [-0.15, -0.1) is 0 Å². The molecule has 2 nitrogen and oxygen atoms in total. The zero-order chi connectivity index (χ0) is 11.5. The lowest BCUT2D eigenvalue weighted by Crippen LogP contribution is -2.20. The highest BCUT2D eigenvalue weighted by Gasteiger charge is 2.23. The van der Waals surface area contributed by atoms with Gasteiger partial charge < -0.3 is 0 Å². The molecule has 0 amide bonds. The van der Waals surface area contributed by atoms with Gasteiger partial charge in [-0.1, -0.05) is 40.2 Å². The second kappa shape index (κ2) is 4.65. The highest BCUT2D eigenvalue weighted by Crippen LogP contribution is 2.29. The van der Waals surface area contributed by atoms with Crippen LogP contribution < -0.4 is 0 Å². The average molecular weight is 206 g/mol. The number of unbranched alkanes of at least 4 members (excludes halogenated alkanes) is 1. The van der Waals surface area contributed by atoms with Gasteiger partial charge in [-0.2, -0.15) is 5.10 Å². The zero-order valence-corrected chi connectivity index (χ0v) is 10.4. The number of aromatic nitrogens is 2. The van der Waals surface area contributed by atoms with Gasteiger partial charge in [0.05, 0.1) is 5.69 Å². The number of aryl methyl sites for hydroxylation is 1. The molecule has 15 heavy (non-hydrogen) atoms. The van der Waals surface area contributed by atoms with Gasteiger partial charge in [0.2, 0.25) is 0 Å². The van der Waals surface area contributed by atoms with Crippen LogP contribution >= 0.6 is 0 Å². The Morgan fingerprint density at radius 2 is 2.20 bits per heavy atom. The molecule has 1 aromatic rings. The van der Waals surface area contributed by atoms with Gasteiger partial charge in [0.25, 0.3) is 0 Å². The smallest absolute Gasteiger partial charge is 0.0848 e. The molecule has 0 atom stereocenters. The fourth-order valence-corrected chi connectivity index (χ4v) is 1.97. The molecule has 0 bridgehead atoms. The van der Waals surface area contributed by atoms with Crippen LogP contribution in [-0.4, -0.2) is 9.78 Å². The fourth-order valence-electron chi connectivity index (χ4n) is 1.97. The van der Waals surface area contributed by atoms with Gasteiger partial charge in [0, 0.05) is 18.2 Å². The number of hydrogen-bond acceptors (Lipinski definition) is 1. The summed E-state index contributed by atoms with van der Waals surface area (Å²) < 4.78 is 1.98. The third kappa shape index (κ3) is 2.71. The summed E-state index contributed by atoms with van der Waals surface area (Å²) in [6.07, 6.45) is 5.52. The van der Waals surface area contributed by atoms with E-state index in [1.807, 2.05) is 11.7 Å². The maximum atomic E-state index is 4.40. The van der Waals surface area contributed by atoms with Crippen molar-refractivity contribution in [2.24, 2.45) is 7.05 Å². The predicted octanol–water partition coefficient (Wildman–Crippen LogP) is 3.53. The number of nitrogens with zero attached hydrogens (tertiary/aromatic N) is 2. The summed E-state index contributed by atoms with van der Waals surface area (Å²) in [5.41, 5.74) is 2.47. The summed E-state index contributed by atoms with van der Waals surface area (Å²) in [6.45, 7) is 10.6. The Bertz CT molecular complexity index is 334. The van der Waals surface area contributed by atoms with Crippen molar-refractivity contribution >= 4 is 6.08 Å². The molecule has 0 saturated heterocycles. The van der Waals surface area contributed by atoms with Crippen LogP contribution in [0.4, 0.5) is 0 Å². The zero-order valence-electron chi connectivity index (χ0n) is 10.4. The van der Waals surface area contributed by atoms with Crippen molar-refractivity contribution in [3.63, 3.8) is 0 Å². The number of rotatable bonds is 5. The van der Waals surface area contributed by atoms with E-state index in [0.29, 0.717) is 0 Å². The minimum atomic E-state index is 0.207. The average Bonchev–Trinajstić information content (AvgIpc) is 2.57. The topological polar surface area (TPSA) is 17.8 Å². The second-order valence-corrected chi connectivity index (χ2v) is 4.77. The first-order valence-corrected chi connectivity index (χ1v) is 5.68. The van der Waals surface area contributed by atoms with E-state index in [2.05, 4.69) is 38.5 Å². The molecule has 0 aliphatic rings. The third-order valence-electron chi connectivity index (χ3n) is 2.96. The molecule has 0 aliphatic heterocycles. The SMILES string of the molecule is C=Cc1cc(C(C)(C)CCCC)n(C)n1. The minimum Gasteiger partial charge on any atom is -0.272 e. The fraction of sp³-hybridized carbons (Fsp3) is 0.615. The van der Waals surface area contributed by atoms with Gasteiger partial charge in [-0.3, -0.25) is 4.68 Å². The van der Waals surface area contributed by atoms with E-state index in [4.69, 9.17) is 0 Å². The van der Waals surface area contributed by atoms with Crippen molar-refractivity contribution in [1.29, 1.82) is 0 Å². The van der Waals surface area contributed by atoms with Crippen LogP contribution in [0.3, 0.4) is 0 Å². The van der Waals surface area contributed by atoms with Crippen molar-refractivity contribution in [1.82, 2.24) is 9.78 Å². The highest BCUT2D eigenvalue weighted by molar-refractivity contribution is 5.42. The maximum absolute atomic E-state index is 4.40. The van der Waals surface area contributed by atoms with Crippen molar-refractivity contribution in [3.8, 4) is 0 Å². The molecule has 0 radical (unpaired) electrons. The van der Waals surface area contributed by atoms with E-state index in [-0.39, 0.29) is 5.41 Å². The Balaban J connectivity index is 2.92. The maximum Gasteiger partial charge on any atom is 0.0848 e. The van der Waals surface area contributed by atoms with Gasteiger partial charge in [0.1, 0.15) is 0 Å². The molecule has 84 valence electrons. The summed E-state index contributed by atoms with van der Waals surface area (Å²) >= 11 is 0. The largest absolute Gasteiger partial charge is 0.272 e. The standard InChI is InChI=1S/C13H22N2/c1-6-8-9-13(3,4)12-10-11(7-2)14-15(12)5/h7,10H,2,6,8-9H2,1,3-5H3. The van der Waals surface area contributed by atoms with Gasteiger partial charge in [0.15, 0.2) is 0 Å². The van der Waals surface area contributed by atoms with Gasteiger partial charge >= 0.3 is 0 Å². The van der Waals surface area contributed by atoms with Gasteiger partial charge in [-0.05, 0) is 18.6 Å². The minimum absolute atomic E-state index is 0.207. The van der Waals surface area contributed by atoms with E-state index in [1.54, 1.807) is 6.08 Å². The Hall–Kier alpha value is -1.05. The number of hydrogen-bond donors (Lipinski definition) is 0. The summed E-state index contributed by atoms with van der Waals surface area (Å²) in [7, 11) is 2.01. The lowest BCUT2D eigenvalue weighted by atomic mass is 9.83. The Morgan fingerprint density at radius 3 is 2.67 bits per heavy atom. The normalized spacial score (nSPS) is 11.7.